The quantitative estimate of drug-likeness (QED) is 0.366. The first kappa shape index (κ1) is 22.4. The van der Waals surface area contributed by atoms with Crippen LogP contribution in [0.25, 0.3) is 0 Å². The fourth-order valence-electron chi connectivity index (χ4n) is 3.16. The van der Waals surface area contributed by atoms with E-state index < -0.39 is 0 Å². The highest BCUT2D eigenvalue weighted by Crippen LogP contribution is 2.41. The van der Waals surface area contributed by atoms with Gasteiger partial charge in [-0.2, -0.15) is 0 Å². The van der Waals surface area contributed by atoms with Crippen LogP contribution in [0.3, 0.4) is 0 Å². The highest BCUT2D eigenvalue weighted by Gasteiger charge is 2.23. The Morgan fingerprint density at radius 2 is 1.33 bits per heavy atom. The Morgan fingerprint density at radius 3 is 1.89 bits per heavy atom. The summed E-state index contributed by atoms with van der Waals surface area (Å²) in [7, 11) is 0. The maximum absolute atomic E-state index is 2.39. The van der Waals surface area contributed by atoms with Crippen LogP contribution in [0.4, 0.5) is 0 Å². The first-order chi connectivity index (χ1) is 12.9. The van der Waals surface area contributed by atoms with E-state index >= 15 is 0 Å². The molecule has 0 atom stereocenters. The van der Waals surface area contributed by atoms with Gasteiger partial charge in [-0.05, 0) is 60.4 Å². The Balaban J connectivity index is 2.09. The first-order valence-electron chi connectivity index (χ1n) is 10.4. The van der Waals surface area contributed by atoms with Gasteiger partial charge in [0.15, 0.2) is 0 Å². The average molecular weight is 401 g/mol. The monoisotopic (exact) mass is 400 g/mol. The second kappa shape index (κ2) is 10.1. The summed E-state index contributed by atoms with van der Waals surface area (Å²) in [6.45, 7) is 14.0. The molecule has 2 aromatic carbocycles. The van der Waals surface area contributed by atoms with Gasteiger partial charge in [0.25, 0.3) is 0 Å². The van der Waals surface area contributed by atoms with Crippen molar-refractivity contribution in [2.24, 2.45) is 0 Å². The van der Waals surface area contributed by atoms with Gasteiger partial charge in [0, 0.05) is 20.3 Å². The normalized spacial score (nSPS) is 12.4. The van der Waals surface area contributed by atoms with Crippen molar-refractivity contribution in [2.45, 2.75) is 92.9 Å². The molecular formula is C25H36S2. The third-order valence-corrected chi connectivity index (χ3v) is 9.08. The summed E-state index contributed by atoms with van der Waals surface area (Å²) >= 11 is 4.00. The fraction of sp³-hybridized carbons (Fsp3) is 0.520. The molecule has 0 bridgehead atoms. The lowest BCUT2D eigenvalue weighted by Crippen LogP contribution is -2.19. The standard InChI is InChI=1S/C25H36S2/c1-7-24(5,8-2)21-15-17-22(18-16-21)26-19-20-13-11-12-14-23(20)27-25(6,9-3)10-4/h11-18H,7-10,19H2,1-6H3. The molecule has 0 heterocycles. The van der Waals surface area contributed by atoms with Crippen LogP contribution in [0.15, 0.2) is 58.3 Å². The maximum Gasteiger partial charge on any atom is 0.0243 e. The number of rotatable bonds is 10. The molecule has 0 N–H and O–H groups in total. The van der Waals surface area contributed by atoms with Gasteiger partial charge >= 0.3 is 0 Å². The topological polar surface area (TPSA) is 0 Å². The zero-order valence-electron chi connectivity index (χ0n) is 18.0. The largest absolute Gasteiger partial charge is 0.121 e. The minimum Gasteiger partial charge on any atom is -0.121 e. The van der Waals surface area contributed by atoms with Crippen molar-refractivity contribution < 1.29 is 0 Å². The summed E-state index contributed by atoms with van der Waals surface area (Å²) in [6.07, 6.45) is 4.78. The van der Waals surface area contributed by atoms with Gasteiger partial charge in [-0.25, -0.2) is 0 Å². The van der Waals surface area contributed by atoms with E-state index in [0.717, 1.165) is 5.75 Å². The van der Waals surface area contributed by atoms with Crippen LogP contribution in [0.2, 0.25) is 0 Å². The van der Waals surface area contributed by atoms with Crippen molar-refractivity contribution in [1.29, 1.82) is 0 Å². The Hall–Kier alpha value is -0.860. The molecular weight excluding hydrogens is 364 g/mol. The van der Waals surface area contributed by atoms with Crippen molar-refractivity contribution in [3.05, 3.63) is 59.7 Å². The van der Waals surface area contributed by atoms with Crippen LogP contribution in [0.5, 0.6) is 0 Å². The third-order valence-electron chi connectivity index (χ3n) is 6.33. The summed E-state index contributed by atoms with van der Waals surface area (Å²) < 4.78 is 0.327. The Labute approximate surface area is 175 Å². The van der Waals surface area contributed by atoms with Crippen LogP contribution < -0.4 is 0 Å². The smallest absolute Gasteiger partial charge is 0.0243 e. The molecule has 2 rings (SSSR count). The molecule has 2 heteroatoms. The van der Waals surface area contributed by atoms with Crippen molar-refractivity contribution in [2.75, 3.05) is 0 Å². The number of thioether (sulfide) groups is 2. The van der Waals surface area contributed by atoms with Gasteiger partial charge in [0.2, 0.25) is 0 Å². The van der Waals surface area contributed by atoms with Crippen molar-refractivity contribution in [1.82, 2.24) is 0 Å². The molecule has 0 nitrogen and oxygen atoms in total. The third kappa shape index (κ3) is 5.81. The zero-order chi connectivity index (χ0) is 19.9. The van der Waals surface area contributed by atoms with Crippen molar-refractivity contribution in [3.8, 4) is 0 Å². The number of benzene rings is 2. The molecule has 148 valence electrons. The highest BCUT2D eigenvalue weighted by atomic mass is 32.2. The summed E-state index contributed by atoms with van der Waals surface area (Å²) in [6, 6.07) is 18.2. The molecule has 0 aromatic heterocycles. The Bertz CT molecular complexity index is 695. The molecule has 0 fully saturated rings. The molecule has 2 aromatic rings. The molecule has 0 aliphatic carbocycles. The zero-order valence-corrected chi connectivity index (χ0v) is 19.6. The fourth-order valence-corrected chi connectivity index (χ4v) is 5.39. The second-order valence-electron chi connectivity index (χ2n) is 7.95. The average Bonchev–Trinajstić information content (AvgIpc) is 2.72. The van der Waals surface area contributed by atoms with Gasteiger partial charge in [0.05, 0.1) is 0 Å². The summed E-state index contributed by atoms with van der Waals surface area (Å²) in [5, 5.41) is 0. The molecule has 0 radical (unpaired) electrons. The lowest BCUT2D eigenvalue weighted by molar-refractivity contribution is 0.438. The molecule has 0 spiro atoms. The lowest BCUT2D eigenvalue weighted by atomic mass is 9.78. The van der Waals surface area contributed by atoms with Crippen LogP contribution in [-0.2, 0) is 11.2 Å². The Morgan fingerprint density at radius 1 is 0.741 bits per heavy atom. The summed E-state index contributed by atoms with van der Waals surface area (Å²) in [4.78, 5) is 2.80. The van der Waals surface area contributed by atoms with E-state index in [0.29, 0.717) is 10.2 Å². The minimum absolute atomic E-state index is 0.303. The summed E-state index contributed by atoms with van der Waals surface area (Å²) in [5.74, 6) is 1.03. The van der Waals surface area contributed by atoms with Gasteiger partial charge in [-0.3, -0.25) is 0 Å². The van der Waals surface area contributed by atoms with Gasteiger partial charge < -0.3 is 0 Å². The second-order valence-corrected chi connectivity index (χ2v) is 10.6. The van der Waals surface area contributed by atoms with Crippen molar-refractivity contribution in [3.63, 3.8) is 0 Å². The minimum atomic E-state index is 0.303. The molecule has 0 unspecified atom stereocenters. The predicted octanol–water partition coefficient (Wildman–Crippen LogP) is 8.73. The lowest BCUT2D eigenvalue weighted by Gasteiger charge is -2.27. The molecule has 0 saturated carbocycles. The van der Waals surface area contributed by atoms with Crippen LogP contribution in [0.1, 0.15) is 78.4 Å². The van der Waals surface area contributed by atoms with Gasteiger partial charge in [-0.1, -0.05) is 71.9 Å². The SMILES string of the molecule is CCC(C)(CC)Sc1ccccc1CSc1ccc(C(C)(CC)CC)cc1. The summed E-state index contributed by atoms with van der Waals surface area (Å²) in [5.41, 5.74) is 3.23. The predicted molar refractivity (Wildman–Crippen MR) is 125 cm³/mol. The van der Waals surface area contributed by atoms with E-state index in [2.05, 4.69) is 102 Å². The van der Waals surface area contributed by atoms with Crippen LogP contribution >= 0.6 is 23.5 Å². The highest BCUT2D eigenvalue weighted by molar-refractivity contribution is 8.01. The van der Waals surface area contributed by atoms with E-state index in [1.807, 2.05) is 11.8 Å². The van der Waals surface area contributed by atoms with E-state index in [4.69, 9.17) is 0 Å². The number of hydrogen-bond acceptors (Lipinski definition) is 2. The molecule has 0 aliphatic heterocycles. The molecule has 0 aliphatic rings. The Kier molecular flexibility index (Phi) is 8.37. The molecule has 0 amide bonds. The maximum atomic E-state index is 2.39. The van der Waals surface area contributed by atoms with E-state index in [-0.39, 0.29) is 0 Å². The number of hydrogen-bond donors (Lipinski definition) is 0. The molecule has 27 heavy (non-hydrogen) atoms. The van der Waals surface area contributed by atoms with Gasteiger partial charge in [-0.15, -0.1) is 23.5 Å². The van der Waals surface area contributed by atoms with Crippen LogP contribution in [-0.4, -0.2) is 4.75 Å². The van der Waals surface area contributed by atoms with Crippen molar-refractivity contribution >= 4 is 23.5 Å². The van der Waals surface area contributed by atoms with E-state index in [1.165, 1.54) is 46.6 Å². The first-order valence-corrected chi connectivity index (χ1v) is 12.2. The van der Waals surface area contributed by atoms with E-state index in [1.54, 1.807) is 0 Å². The molecule has 0 saturated heterocycles. The van der Waals surface area contributed by atoms with Crippen LogP contribution in [0, 0.1) is 0 Å². The van der Waals surface area contributed by atoms with Gasteiger partial charge in [0.1, 0.15) is 0 Å². The van der Waals surface area contributed by atoms with E-state index in [9.17, 15) is 0 Å².